The molecule has 104 valence electrons. The Hall–Kier alpha value is -1.26. The summed E-state index contributed by atoms with van der Waals surface area (Å²) in [6.07, 6.45) is -1.42. The molecule has 9 nitrogen and oxygen atoms in total. The van der Waals surface area contributed by atoms with Crippen molar-refractivity contribution in [2.45, 2.75) is 13.8 Å². The highest BCUT2D eigenvalue weighted by atomic mass is 35.7. The molecular formula is C6H15ClN2O7S. The molecule has 0 spiro atoms. The first-order valence-electron chi connectivity index (χ1n) is 4.06. The second kappa shape index (κ2) is 12.8. The van der Waals surface area contributed by atoms with Gasteiger partial charge in [0.25, 0.3) is 0 Å². The quantitative estimate of drug-likeness (QED) is 0.485. The molecule has 0 fully saturated rings. The average molecular weight is 295 g/mol. The largest absolute Gasteiger partial charge is 0.450 e. The van der Waals surface area contributed by atoms with Gasteiger partial charge in [0, 0.05) is 10.7 Å². The molecule has 0 radical (unpaired) electrons. The second-order valence-corrected chi connectivity index (χ2v) is 3.91. The first kappa shape index (κ1) is 21.1. The van der Waals surface area contributed by atoms with Gasteiger partial charge in [-0.25, -0.2) is 9.59 Å². The van der Waals surface area contributed by atoms with Gasteiger partial charge in [-0.2, -0.15) is 8.42 Å². The number of carbonyl (C=O) groups is 2. The zero-order valence-electron chi connectivity index (χ0n) is 9.25. The molecule has 0 aromatic heterocycles. The van der Waals surface area contributed by atoms with Gasteiger partial charge in [0.05, 0.1) is 13.2 Å². The second-order valence-electron chi connectivity index (χ2n) is 1.92. The van der Waals surface area contributed by atoms with Crippen molar-refractivity contribution in [3.05, 3.63) is 0 Å². The molecule has 0 atom stereocenters. The maximum absolute atomic E-state index is 9.60. The predicted octanol–water partition coefficient (Wildman–Crippen LogP) is 0.231. The molecule has 5 N–H and O–H groups in total. The summed E-state index contributed by atoms with van der Waals surface area (Å²) in [5.74, 6) is 0. The Labute approximate surface area is 103 Å². The van der Waals surface area contributed by atoms with E-state index in [0.717, 1.165) is 0 Å². The normalized spacial score (nSPS) is 8.71. The van der Waals surface area contributed by atoms with Gasteiger partial charge < -0.3 is 20.9 Å². The molecule has 0 aliphatic heterocycles. The highest BCUT2D eigenvalue weighted by molar-refractivity contribution is 8.09. The van der Waals surface area contributed by atoms with Crippen LogP contribution in [0, 0.1) is 0 Å². The minimum Gasteiger partial charge on any atom is -0.450 e. The summed E-state index contributed by atoms with van der Waals surface area (Å²) in [6, 6.07) is 0. The summed E-state index contributed by atoms with van der Waals surface area (Å²) in [5.41, 5.74) is 9.08. The zero-order chi connectivity index (χ0) is 14.5. The van der Waals surface area contributed by atoms with Gasteiger partial charge in [-0.05, 0) is 13.8 Å². The van der Waals surface area contributed by atoms with Gasteiger partial charge in [-0.3, -0.25) is 4.55 Å². The molecule has 0 saturated heterocycles. The summed E-state index contributed by atoms with van der Waals surface area (Å²) in [5, 5.41) is 0. The Morgan fingerprint density at radius 1 is 1.12 bits per heavy atom. The number of hydrogen-bond donors (Lipinski definition) is 3. The van der Waals surface area contributed by atoms with E-state index < -0.39 is 21.5 Å². The van der Waals surface area contributed by atoms with Crippen molar-refractivity contribution in [1.82, 2.24) is 0 Å². The Morgan fingerprint density at radius 2 is 1.29 bits per heavy atom. The van der Waals surface area contributed by atoms with Crippen LogP contribution in [-0.4, -0.2) is 38.4 Å². The lowest BCUT2D eigenvalue weighted by Crippen LogP contribution is -2.11. The van der Waals surface area contributed by atoms with Crippen molar-refractivity contribution in [2.75, 3.05) is 13.2 Å². The summed E-state index contributed by atoms with van der Waals surface area (Å²) >= 11 is 0. The van der Waals surface area contributed by atoms with E-state index in [-0.39, 0.29) is 0 Å². The fourth-order valence-electron chi connectivity index (χ4n) is 0.285. The van der Waals surface area contributed by atoms with Crippen LogP contribution in [0.2, 0.25) is 0 Å². The van der Waals surface area contributed by atoms with Gasteiger partial charge in [0.15, 0.2) is 0 Å². The van der Waals surface area contributed by atoms with Crippen LogP contribution in [0.5, 0.6) is 0 Å². The van der Waals surface area contributed by atoms with E-state index in [0.29, 0.717) is 13.2 Å². The fraction of sp³-hybridized carbons (Fsp3) is 0.667. The lowest BCUT2D eigenvalue weighted by molar-refractivity contribution is 0.162. The number of carbonyl (C=O) groups excluding carboxylic acids is 2. The van der Waals surface area contributed by atoms with E-state index >= 15 is 0 Å². The number of ether oxygens (including phenoxy) is 2. The molecule has 0 aromatic rings. The van der Waals surface area contributed by atoms with Crippen molar-refractivity contribution in [3.63, 3.8) is 0 Å². The van der Waals surface area contributed by atoms with Gasteiger partial charge in [-0.1, -0.05) is 0 Å². The van der Waals surface area contributed by atoms with Crippen LogP contribution >= 0.6 is 10.7 Å². The van der Waals surface area contributed by atoms with E-state index in [1.807, 2.05) is 0 Å². The van der Waals surface area contributed by atoms with Crippen LogP contribution in [0.1, 0.15) is 13.8 Å². The third-order valence-corrected chi connectivity index (χ3v) is 0.573. The number of primary amides is 2. The highest BCUT2D eigenvalue weighted by Gasteiger charge is 1.86. The average Bonchev–Trinajstić information content (AvgIpc) is 2.00. The summed E-state index contributed by atoms with van der Waals surface area (Å²) in [4.78, 5) is 19.2. The Bertz CT molecular complexity index is 281. The van der Waals surface area contributed by atoms with Crippen molar-refractivity contribution >= 4 is 32.2 Å². The predicted molar refractivity (Wildman–Crippen MR) is 59.8 cm³/mol. The maximum Gasteiger partial charge on any atom is 0.404 e. The summed E-state index contributed by atoms with van der Waals surface area (Å²) in [6.45, 7) is 4.11. The Kier molecular flexibility index (Phi) is 15.9. The van der Waals surface area contributed by atoms with Crippen molar-refractivity contribution in [1.29, 1.82) is 0 Å². The molecule has 0 unspecified atom stereocenters. The number of halogens is 1. The van der Waals surface area contributed by atoms with Crippen LogP contribution in [0.3, 0.4) is 0 Å². The minimum absolute atomic E-state index is 0.356. The van der Waals surface area contributed by atoms with Crippen LogP contribution < -0.4 is 11.5 Å². The van der Waals surface area contributed by atoms with Crippen LogP contribution in [0.4, 0.5) is 9.59 Å². The molecule has 17 heavy (non-hydrogen) atoms. The number of hydrogen-bond acceptors (Lipinski definition) is 6. The number of nitrogens with two attached hydrogens (primary N) is 2. The molecule has 0 aliphatic carbocycles. The van der Waals surface area contributed by atoms with Crippen molar-refractivity contribution in [2.24, 2.45) is 11.5 Å². The van der Waals surface area contributed by atoms with E-state index in [9.17, 15) is 9.59 Å². The van der Waals surface area contributed by atoms with Gasteiger partial charge in [0.2, 0.25) is 0 Å². The molecule has 0 aliphatic rings. The standard InChI is InChI=1S/2C3H7NO2.ClHO3S/c2*1-2-6-3(4)5;1-5(2,3)4/h2*2H2,1H3,(H2,4,5);(H,2,3,4). The van der Waals surface area contributed by atoms with Crippen molar-refractivity contribution < 1.29 is 32.0 Å². The van der Waals surface area contributed by atoms with Crippen LogP contribution in [0.15, 0.2) is 0 Å². The molecule has 0 rings (SSSR count). The maximum atomic E-state index is 9.60. The summed E-state index contributed by atoms with van der Waals surface area (Å²) < 4.78 is 33.5. The van der Waals surface area contributed by atoms with E-state index in [4.69, 9.17) is 13.0 Å². The lowest BCUT2D eigenvalue weighted by atomic mass is 10.9. The Balaban J connectivity index is -0.000000174. The third kappa shape index (κ3) is 106. The zero-order valence-corrected chi connectivity index (χ0v) is 10.8. The summed E-state index contributed by atoms with van der Waals surface area (Å²) in [7, 11) is -0.137. The van der Waals surface area contributed by atoms with Gasteiger partial charge in [0.1, 0.15) is 0 Å². The monoisotopic (exact) mass is 294 g/mol. The van der Waals surface area contributed by atoms with E-state index in [1.165, 1.54) is 0 Å². The smallest absolute Gasteiger partial charge is 0.404 e. The number of amides is 2. The van der Waals surface area contributed by atoms with Gasteiger partial charge >= 0.3 is 21.5 Å². The Morgan fingerprint density at radius 3 is 1.29 bits per heavy atom. The van der Waals surface area contributed by atoms with Crippen LogP contribution in [0.25, 0.3) is 0 Å². The number of rotatable bonds is 2. The molecule has 0 aromatic carbocycles. The van der Waals surface area contributed by atoms with Crippen molar-refractivity contribution in [3.8, 4) is 0 Å². The van der Waals surface area contributed by atoms with Crippen LogP contribution in [-0.2, 0) is 18.8 Å². The lowest BCUT2D eigenvalue weighted by Gasteiger charge is -1.89. The fourth-order valence-corrected chi connectivity index (χ4v) is 0.285. The molecular weight excluding hydrogens is 280 g/mol. The molecule has 0 heterocycles. The molecule has 2 amide bonds. The highest BCUT2D eigenvalue weighted by Crippen LogP contribution is 1.82. The molecule has 11 heteroatoms. The topological polar surface area (TPSA) is 159 Å². The first-order valence-corrected chi connectivity index (χ1v) is 6.32. The first-order chi connectivity index (χ1) is 7.54. The van der Waals surface area contributed by atoms with E-state index in [2.05, 4.69) is 31.6 Å². The molecule has 0 bridgehead atoms. The third-order valence-electron chi connectivity index (χ3n) is 0.573. The molecule has 0 saturated carbocycles. The SMILES string of the molecule is CCOC(N)=O.CCOC(N)=O.O=S(=O)(O)Cl. The minimum atomic E-state index is -4.19. The van der Waals surface area contributed by atoms with Gasteiger partial charge in [-0.15, -0.1) is 0 Å². The van der Waals surface area contributed by atoms with E-state index in [1.54, 1.807) is 13.8 Å².